The molecule has 0 saturated heterocycles. The minimum atomic E-state index is 0.378. The molecule has 9 heteroatoms. The predicted octanol–water partition coefficient (Wildman–Crippen LogP) is 13.9. The predicted molar refractivity (Wildman–Crippen MR) is 258 cm³/mol. The number of thiophene rings is 1. The summed E-state index contributed by atoms with van der Waals surface area (Å²) >= 11 is 1.76. The van der Waals surface area contributed by atoms with Gasteiger partial charge in [-0.25, -0.2) is 14.9 Å². The SMILES string of the molecule is C1=CCCC(N(c2ccccc2)c2ccc3c(c2)sc2cc(N(c4nc(-c5ccccc5)nc(-c5ccccc5)n4)c4nc(-c5ccccc5)nc(-c5ccccc5)n4)ccc23)=C1. The van der Waals surface area contributed by atoms with E-state index in [2.05, 4.69) is 89.9 Å². The van der Waals surface area contributed by atoms with Gasteiger partial charge in [-0.1, -0.05) is 164 Å². The van der Waals surface area contributed by atoms with Crippen LogP contribution in [0.25, 0.3) is 65.7 Å². The highest BCUT2D eigenvalue weighted by Crippen LogP contribution is 2.43. The molecule has 0 atom stereocenters. The Morgan fingerprint density at radius 1 is 0.381 bits per heavy atom. The third-order valence-electron chi connectivity index (χ3n) is 11.0. The number of para-hydroxylation sites is 1. The van der Waals surface area contributed by atoms with Crippen LogP contribution in [0.5, 0.6) is 0 Å². The van der Waals surface area contributed by atoms with Gasteiger partial charge in [-0.15, -0.1) is 11.3 Å². The molecule has 0 bridgehead atoms. The maximum atomic E-state index is 5.21. The van der Waals surface area contributed by atoms with Crippen molar-refractivity contribution in [2.24, 2.45) is 0 Å². The van der Waals surface area contributed by atoms with Crippen LogP contribution in [0.3, 0.4) is 0 Å². The van der Waals surface area contributed by atoms with E-state index in [0.29, 0.717) is 35.2 Å². The first kappa shape index (κ1) is 37.8. The Labute approximate surface area is 368 Å². The standard InChI is InChI=1S/C54H38N8S/c1-7-19-37(20-8-1)49-55-50(38-21-9-2-10-22-38)58-53(57-49)62(54-59-51(39-23-11-3-12-24-39)56-52(60-54)40-25-13-4-14-26-40)44-32-34-46-45-33-31-43(35-47(45)63-48(46)36-44)61(41-27-15-5-16-28-41)42-29-17-6-18-30-42/h1-17,19-29,31-36H,18,30H2. The zero-order valence-electron chi connectivity index (χ0n) is 34.0. The molecule has 300 valence electrons. The molecule has 0 N–H and O–H groups in total. The van der Waals surface area contributed by atoms with Gasteiger partial charge in [0.1, 0.15) is 0 Å². The second-order valence-electron chi connectivity index (χ2n) is 15.1. The summed E-state index contributed by atoms with van der Waals surface area (Å²) in [4.78, 5) is 35.2. The van der Waals surface area contributed by atoms with Gasteiger partial charge in [0.15, 0.2) is 23.3 Å². The van der Waals surface area contributed by atoms with Crippen LogP contribution in [0.2, 0.25) is 0 Å². The van der Waals surface area contributed by atoms with Crippen molar-refractivity contribution in [1.29, 1.82) is 0 Å². The Morgan fingerprint density at radius 2 is 0.778 bits per heavy atom. The van der Waals surface area contributed by atoms with E-state index in [1.54, 1.807) is 11.3 Å². The molecule has 11 rings (SSSR count). The lowest BCUT2D eigenvalue weighted by Gasteiger charge is -2.28. The lowest BCUT2D eigenvalue weighted by Crippen LogP contribution is -2.19. The molecule has 0 radical (unpaired) electrons. The molecule has 0 unspecified atom stereocenters. The number of nitrogens with zero attached hydrogens (tertiary/aromatic N) is 8. The second kappa shape index (κ2) is 16.7. The van der Waals surface area contributed by atoms with E-state index < -0.39 is 0 Å². The Balaban J connectivity index is 1.12. The van der Waals surface area contributed by atoms with Gasteiger partial charge < -0.3 is 4.90 Å². The summed E-state index contributed by atoms with van der Waals surface area (Å²) < 4.78 is 2.30. The van der Waals surface area contributed by atoms with Crippen LogP contribution in [-0.4, -0.2) is 29.9 Å². The zero-order chi connectivity index (χ0) is 42.0. The van der Waals surface area contributed by atoms with E-state index in [1.165, 1.54) is 15.8 Å². The average Bonchev–Trinajstić information content (AvgIpc) is 3.73. The summed E-state index contributed by atoms with van der Waals surface area (Å²) in [6, 6.07) is 63.9. The fourth-order valence-electron chi connectivity index (χ4n) is 7.98. The molecule has 0 amide bonds. The molecule has 0 aliphatic heterocycles. The molecule has 63 heavy (non-hydrogen) atoms. The Kier molecular flexibility index (Phi) is 10.0. The molecular weight excluding hydrogens is 793 g/mol. The lowest BCUT2D eigenvalue weighted by molar-refractivity contribution is 0.918. The van der Waals surface area contributed by atoms with Crippen LogP contribution in [0.1, 0.15) is 12.8 Å². The summed E-state index contributed by atoms with van der Waals surface area (Å²) in [6.07, 6.45) is 8.61. The number of anilines is 5. The summed E-state index contributed by atoms with van der Waals surface area (Å²) in [7, 11) is 0. The van der Waals surface area contributed by atoms with E-state index in [0.717, 1.165) is 62.2 Å². The fraction of sp³-hybridized carbons (Fsp3) is 0.0370. The van der Waals surface area contributed by atoms with E-state index in [1.807, 2.05) is 126 Å². The number of hydrogen-bond donors (Lipinski definition) is 0. The van der Waals surface area contributed by atoms with Gasteiger partial charge in [0.2, 0.25) is 11.9 Å². The van der Waals surface area contributed by atoms with Crippen molar-refractivity contribution in [2.75, 3.05) is 9.80 Å². The summed E-state index contributed by atoms with van der Waals surface area (Å²) in [5, 5.41) is 2.35. The number of allylic oxidation sites excluding steroid dienone is 4. The summed E-state index contributed by atoms with van der Waals surface area (Å²) in [6.45, 7) is 0. The molecule has 1 aliphatic carbocycles. The first-order valence-electron chi connectivity index (χ1n) is 20.9. The quantitative estimate of drug-likeness (QED) is 0.135. The van der Waals surface area contributed by atoms with Crippen LogP contribution in [0, 0.1) is 0 Å². The molecule has 0 spiro atoms. The highest BCUT2D eigenvalue weighted by atomic mass is 32.1. The van der Waals surface area contributed by atoms with E-state index in [-0.39, 0.29) is 0 Å². The van der Waals surface area contributed by atoms with Crippen LogP contribution in [-0.2, 0) is 0 Å². The van der Waals surface area contributed by atoms with Gasteiger partial charge in [0.05, 0.1) is 5.69 Å². The topological polar surface area (TPSA) is 83.8 Å². The maximum Gasteiger partial charge on any atom is 0.241 e. The fourth-order valence-corrected chi connectivity index (χ4v) is 9.15. The Morgan fingerprint density at radius 3 is 1.17 bits per heavy atom. The lowest BCUT2D eigenvalue weighted by atomic mass is 10.1. The van der Waals surface area contributed by atoms with Crippen molar-refractivity contribution >= 4 is 60.5 Å². The van der Waals surface area contributed by atoms with E-state index >= 15 is 0 Å². The van der Waals surface area contributed by atoms with Crippen molar-refractivity contribution in [3.05, 3.63) is 212 Å². The minimum Gasteiger partial charge on any atom is -0.314 e. The molecule has 10 aromatic rings. The highest BCUT2D eigenvalue weighted by Gasteiger charge is 2.25. The number of hydrogen-bond acceptors (Lipinski definition) is 9. The molecule has 0 saturated carbocycles. The van der Waals surface area contributed by atoms with Crippen molar-refractivity contribution in [3.63, 3.8) is 0 Å². The summed E-state index contributed by atoms with van der Waals surface area (Å²) in [5.74, 6) is 2.89. The maximum absolute atomic E-state index is 5.21. The second-order valence-corrected chi connectivity index (χ2v) is 16.2. The third kappa shape index (κ3) is 7.62. The van der Waals surface area contributed by atoms with Crippen LogP contribution >= 0.6 is 11.3 Å². The van der Waals surface area contributed by atoms with Gasteiger partial charge in [-0.3, -0.25) is 0 Å². The first-order valence-corrected chi connectivity index (χ1v) is 21.7. The van der Waals surface area contributed by atoms with Crippen molar-refractivity contribution < 1.29 is 0 Å². The van der Waals surface area contributed by atoms with Gasteiger partial charge in [0.25, 0.3) is 0 Å². The molecule has 0 fully saturated rings. The monoisotopic (exact) mass is 830 g/mol. The number of benzene rings is 7. The summed E-state index contributed by atoms with van der Waals surface area (Å²) in [5.41, 5.74) is 7.80. The first-order chi connectivity index (χ1) is 31.2. The number of fused-ring (bicyclic) bond motifs is 3. The van der Waals surface area contributed by atoms with Gasteiger partial charge in [-0.05, 0) is 55.3 Å². The number of aromatic nitrogens is 6. The van der Waals surface area contributed by atoms with Crippen LogP contribution < -0.4 is 9.80 Å². The normalized spacial score (nSPS) is 12.3. The Bertz CT molecular complexity index is 3040. The van der Waals surface area contributed by atoms with Crippen molar-refractivity contribution in [2.45, 2.75) is 12.8 Å². The van der Waals surface area contributed by atoms with Crippen LogP contribution in [0.4, 0.5) is 29.0 Å². The molecule has 7 aromatic carbocycles. The third-order valence-corrected chi connectivity index (χ3v) is 12.1. The van der Waals surface area contributed by atoms with E-state index in [4.69, 9.17) is 29.9 Å². The van der Waals surface area contributed by atoms with Crippen molar-refractivity contribution in [1.82, 2.24) is 29.9 Å². The molecular formula is C54H38N8S. The van der Waals surface area contributed by atoms with Crippen LogP contribution in [0.15, 0.2) is 212 Å². The zero-order valence-corrected chi connectivity index (χ0v) is 34.8. The Hall–Kier alpha value is -8.14. The van der Waals surface area contributed by atoms with E-state index in [9.17, 15) is 0 Å². The van der Waals surface area contributed by atoms with Gasteiger partial charge >= 0.3 is 0 Å². The van der Waals surface area contributed by atoms with Crippen molar-refractivity contribution in [3.8, 4) is 45.6 Å². The van der Waals surface area contributed by atoms with Gasteiger partial charge in [0, 0.05) is 59.5 Å². The molecule has 3 aromatic heterocycles. The highest BCUT2D eigenvalue weighted by molar-refractivity contribution is 7.25. The largest absolute Gasteiger partial charge is 0.314 e. The molecule has 3 heterocycles. The molecule has 1 aliphatic rings. The minimum absolute atomic E-state index is 0.378. The number of rotatable bonds is 10. The molecule has 8 nitrogen and oxygen atoms in total. The van der Waals surface area contributed by atoms with Gasteiger partial charge in [-0.2, -0.15) is 19.9 Å². The average molecular weight is 831 g/mol. The smallest absolute Gasteiger partial charge is 0.241 e.